The molecule has 1 aliphatic rings. The molecule has 0 radical (unpaired) electrons. The van der Waals surface area contributed by atoms with E-state index in [1.165, 1.54) is 23.5 Å². The minimum atomic E-state index is -3.64. The molecular weight excluding hydrogens is 458 g/mol. The number of piperidine rings is 1. The van der Waals surface area contributed by atoms with Gasteiger partial charge >= 0.3 is 0 Å². The molecule has 1 fully saturated rings. The van der Waals surface area contributed by atoms with Crippen LogP contribution in [-0.4, -0.2) is 57.9 Å². The normalized spacial score (nSPS) is 15.9. The van der Waals surface area contributed by atoms with Crippen LogP contribution in [0.15, 0.2) is 53.4 Å². The Morgan fingerprint density at radius 3 is 2.03 bits per heavy atom. The summed E-state index contributed by atoms with van der Waals surface area (Å²) in [6.45, 7) is 2.45. The van der Waals surface area contributed by atoms with E-state index in [9.17, 15) is 18.0 Å². The van der Waals surface area contributed by atoms with E-state index < -0.39 is 16.1 Å². The molecule has 0 aliphatic carbocycles. The van der Waals surface area contributed by atoms with Gasteiger partial charge < -0.3 is 20.1 Å². The molecule has 1 aliphatic heterocycles. The zero-order chi connectivity index (χ0) is 24.7. The summed E-state index contributed by atoms with van der Waals surface area (Å²) < 4.78 is 37.3. The molecule has 0 spiro atoms. The zero-order valence-corrected chi connectivity index (χ0v) is 20.4. The average molecular weight is 490 g/mol. The second-order valence-electron chi connectivity index (χ2n) is 8.15. The van der Waals surface area contributed by atoms with Crippen molar-refractivity contribution in [1.29, 1.82) is 0 Å². The fourth-order valence-electron chi connectivity index (χ4n) is 3.74. The molecule has 0 bridgehead atoms. The van der Waals surface area contributed by atoms with Gasteiger partial charge in [-0.3, -0.25) is 9.59 Å². The molecule has 1 saturated heterocycles. The Labute approximate surface area is 200 Å². The van der Waals surface area contributed by atoms with Crippen LogP contribution in [0.3, 0.4) is 0 Å². The van der Waals surface area contributed by atoms with Crippen LogP contribution in [0.2, 0.25) is 0 Å². The van der Waals surface area contributed by atoms with E-state index in [0.717, 1.165) is 11.3 Å². The SMILES string of the molecule is COc1ccc(CNC(=O)[C@H](C)NC(=O)C2CCN(S(=O)(=O)c3ccc(OC)cc3)CC2)cc1. The number of nitrogens with zero attached hydrogens (tertiary/aromatic N) is 1. The highest BCUT2D eigenvalue weighted by Gasteiger charge is 2.33. The second kappa shape index (κ2) is 11.3. The number of carbonyl (C=O) groups excluding carboxylic acids is 2. The quantitative estimate of drug-likeness (QED) is 0.556. The van der Waals surface area contributed by atoms with E-state index in [0.29, 0.717) is 25.1 Å². The van der Waals surface area contributed by atoms with Gasteiger partial charge in [0.2, 0.25) is 21.8 Å². The van der Waals surface area contributed by atoms with Crippen molar-refractivity contribution >= 4 is 21.8 Å². The van der Waals surface area contributed by atoms with Crippen LogP contribution in [0.25, 0.3) is 0 Å². The number of methoxy groups -OCH3 is 2. The Morgan fingerprint density at radius 2 is 1.50 bits per heavy atom. The smallest absolute Gasteiger partial charge is 0.243 e. The first-order chi connectivity index (χ1) is 16.2. The van der Waals surface area contributed by atoms with Crippen molar-refractivity contribution in [2.45, 2.75) is 37.2 Å². The average Bonchev–Trinajstić information content (AvgIpc) is 2.87. The Kier molecular flexibility index (Phi) is 8.51. The molecule has 2 N–H and O–H groups in total. The zero-order valence-electron chi connectivity index (χ0n) is 19.6. The molecule has 2 aromatic carbocycles. The van der Waals surface area contributed by atoms with Crippen molar-refractivity contribution in [3.8, 4) is 11.5 Å². The third kappa shape index (κ3) is 6.27. The van der Waals surface area contributed by atoms with Gasteiger partial charge in [-0.2, -0.15) is 4.31 Å². The summed E-state index contributed by atoms with van der Waals surface area (Å²) >= 11 is 0. The minimum Gasteiger partial charge on any atom is -0.497 e. The number of rotatable bonds is 9. The van der Waals surface area contributed by atoms with Gasteiger partial charge in [-0.15, -0.1) is 0 Å². The van der Waals surface area contributed by atoms with Gasteiger partial charge in [-0.05, 0) is 61.7 Å². The standard InChI is InChI=1S/C24H31N3O6S/c1-17(23(28)25-16-18-4-6-20(32-2)7-5-18)26-24(29)19-12-14-27(15-13-19)34(30,31)22-10-8-21(33-3)9-11-22/h4-11,17,19H,12-16H2,1-3H3,(H,25,28)(H,26,29)/t17-/m0/s1. The molecule has 184 valence electrons. The molecular formula is C24H31N3O6S. The fraction of sp³-hybridized carbons (Fsp3) is 0.417. The summed E-state index contributed by atoms with van der Waals surface area (Å²) in [6.07, 6.45) is 0.781. The predicted octanol–water partition coefficient (Wildman–Crippen LogP) is 1.93. The van der Waals surface area contributed by atoms with Gasteiger partial charge in [0.15, 0.2) is 0 Å². The molecule has 2 aromatic rings. The fourth-order valence-corrected chi connectivity index (χ4v) is 5.21. The molecule has 9 nitrogen and oxygen atoms in total. The van der Waals surface area contributed by atoms with E-state index in [1.54, 1.807) is 26.2 Å². The lowest BCUT2D eigenvalue weighted by Crippen LogP contribution is -2.49. The van der Waals surface area contributed by atoms with Gasteiger partial charge in [-0.1, -0.05) is 12.1 Å². The van der Waals surface area contributed by atoms with E-state index in [1.807, 2.05) is 24.3 Å². The van der Waals surface area contributed by atoms with Gasteiger partial charge in [0.1, 0.15) is 17.5 Å². The maximum Gasteiger partial charge on any atom is 0.243 e. The first-order valence-electron chi connectivity index (χ1n) is 11.1. The predicted molar refractivity (Wildman–Crippen MR) is 127 cm³/mol. The molecule has 3 rings (SSSR count). The number of hydrogen-bond acceptors (Lipinski definition) is 6. The monoisotopic (exact) mass is 489 g/mol. The van der Waals surface area contributed by atoms with Crippen LogP contribution in [0.1, 0.15) is 25.3 Å². The molecule has 1 heterocycles. The van der Waals surface area contributed by atoms with Crippen molar-refractivity contribution in [1.82, 2.24) is 14.9 Å². The number of ether oxygens (including phenoxy) is 2. The van der Waals surface area contributed by atoms with Crippen LogP contribution in [0.4, 0.5) is 0 Å². The number of benzene rings is 2. The third-order valence-corrected chi connectivity index (χ3v) is 7.81. The minimum absolute atomic E-state index is 0.193. The highest BCUT2D eigenvalue weighted by Crippen LogP contribution is 2.25. The Hall–Kier alpha value is -3.11. The summed E-state index contributed by atoms with van der Waals surface area (Å²) in [5, 5.41) is 5.56. The molecule has 0 aromatic heterocycles. The Balaban J connectivity index is 1.47. The maximum absolute atomic E-state index is 12.9. The van der Waals surface area contributed by atoms with Crippen molar-refractivity contribution in [2.24, 2.45) is 5.92 Å². The molecule has 34 heavy (non-hydrogen) atoms. The summed E-state index contributed by atoms with van der Waals surface area (Å²) in [6, 6.07) is 12.9. The lowest BCUT2D eigenvalue weighted by atomic mass is 9.97. The summed E-state index contributed by atoms with van der Waals surface area (Å²) in [4.78, 5) is 25.3. The Morgan fingerprint density at radius 1 is 0.971 bits per heavy atom. The topological polar surface area (TPSA) is 114 Å². The van der Waals surface area contributed by atoms with Gasteiger partial charge in [0.25, 0.3) is 0 Å². The van der Waals surface area contributed by atoms with E-state index >= 15 is 0 Å². The lowest BCUT2D eigenvalue weighted by Gasteiger charge is -2.31. The van der Waals surface area contributed by atoms with E-state index in [2.05, 4.69) is 10.6 Å². The van der Waals surface area contributed by atoms with Crippen molar-refractivity contribution in [3.63, 3.8) is 0 Å². The second-order valence-corrected chi connectivity index (χ2v) is 10.1. The van der Waals surface area contributed by atoms with Crippen molar-refractivity contribution in [3.05, 3.63) is 54.1 Å². The lowest BCUT2D eigenvalue weighted by molar-refractivity contribution is -0.131. The highest BCUT2D eigenvalue weighted by molar-refractivity contribution is 7.89. The van der Waals surface area contributed by atoms with E-state index in [4.69, 9.17) is 9.47 Å². The van der Waals surface area contributed by atoms with Crippen LogP contribution in [-0.2, 0) is 26.2 Å². The van der Waals surface area contributed by atoms with Crippen LogP contribution >= 0.6 is 0 Å². The van der Waals surface area contributed by atoms with Crippen LogP contribution < -0.4 is 20.1 Å². The van der Waals surface area contributed by atoms with Gasteiger partial charge in [0, 0.05) is 25.6 Å². The van der Waals surface area contributed by atoms with Gasteiger partial charge in [-0.25, -0.2) is 8.42 Å². The third-order valence-electron chi connectivity index (χ3n) is 5.90. The van der Waals surface area contributed by atoms with Gasteiger partial charge in [0.05, 0.1) is 19.1 Å². The van der Waals surface area contributed by atoms with Crippen molar-refractivity contribution < 1.29 is 27.5 Å². The first-order valence-corrected chi connectivity index (χ1v) is 12.5. The van der Waals surface area contributed by atoms with E-state index in [-0.39, 0.29) is 35.7 Å². The number of hydrogen-bond donors (Lipinski definition) is 2. The largest absolute Gasteiger partial charge is 0.497 e. The first kappa shape index (κ1) is 25.5. The molecule has 2 amide bonds. The molecule has 10 heteroatoms. The van der Waals surface area contributed by atoms with Crippen molar-refractivity contribution in [2.75, 3.05) is 27.3 Å². The van der Waals surface area contributed by atoms with Crippen LogP contribution in [0.5, 0.6) is 11.5 Å². The number of carbonyl (C=O) groups is 2. The van der Waals surface area contributed by atoms with Crippen LogP contribution in [0, 0.1) is 5.92 Å². The molecule has 0 unspecified atom stereocenters. The Bertz CT molecular complexity index is 1080. The summed E-state index contributed by atoms with van der Waals surface area (Å²) in [5.41, 5.74) is 0.915. The highest BCUT2D eigenvalue weighted by atomic mass is 32.2. The number of nitrogens with one attached hydrogen (secondary N) is 2. The summed E-state index contributed by atoms with van der Waals surface area (Å²) in [5.74, 6) is 0.437. The molecule has 1 atom stereocenters. The number of amides is 2. The maximum atomic E-state index is 12.9. The molecule has 0 saturated carbocycles. The number of sulfonamides is 1. The summed E-state index contributed by atoms with van der Waals surface area (Å²) in [7, 11) is -0.530.